The first-order valence-electron chi connectivity index (χ1n) is 7.78. The smallest absolute Gasteiger partial charge is 0.0250 e. The molecule has 0 saturated heterocycles. The number of allylic oxidation sites excluding steroid dienone is 1. The van der Waals surface area contributed by atoms with Crippen LogP contribution in [0.5, 0.6) is 0 Å². The highest BCUT2D eigenvalue weighted by Crippen LogP contribution is 2.33. The van der Waals surface area contributed by atoms with Gasteiger partial charge in [0.15, 0.2) is 0 Å². The number of fused-ring (bicyclic) bond motifs is 1. The SMILES string of the molecule is CCCCCCCCCC1=Cc2c(Br)cccc2C1. The Hall–Kier alpha value is -0.560. The predicted molar refractivity (Wildman–Crippen MR) is 88.4 cm³/mol. The van der Waals surface area contributed by atoms with E-state index in [4.69, 9.17) is 0 Å². The van der Waals surface area contributed by atoms with Crippen molar-refractivity contribution in [2.24, 2.45) is 0 Å². The normalized spacial score (nSPS) is 13.5. The fourth-order valence-electron chi connectivity index (χ4n) is 2.87. The maximum absolute atomic E-state index is 3.65. The van der Waals surface area contributed by atoms with Crippen LogP contribution in [0.2, 0.25) is 0 Å². The number of hydrogen-bond acceptors (Lipinski definition) is 0. The average Bonchev–Trinajstić information content (AvgIpc) is 2.82. The topological polar surface area (TPSA) is 0 Å². The van der Waals surface area contributed by atoms with Gasteiger partial charge in [0, 0.05) is 4.47 Å². The molecule has 0 heterocycles. The van der Waals surface area contributed by atoms with Gasteiger partial charge < -0.3 is 0 Å². The third-order valence-corrected chi connectivity index (χ3v) is 4.70. The summed E-state index contributed by atoms with van der Waals surface area (Å²) in [5, 5.41) is 0. The van der Waals surface area contributed by atoms with E-state index in [1.165, 1.54) is 73.4 Å². The molecule has 0 fully saturated rings. The second-order valence-corrected chi connectivity index (χ2v) is 6.52. The van der Waals surface area contributed by atoms with E-state index in [0.717, 1.165) is 0 Å². The molecule has 0 unspecified atom stereocenters. The van der Waals surface area contributed by atoms with Crippen molar-refractivity contribution in [3.8, 4) is 0 Å². The summed E-state index contributed by atoms with van der Waals surface area (Å²) in [6.45, 7) is 2.28. The monoisotopic (exact) mass is 320 g/mol. The Kier molecular flexibility index (Phi) is 6.16. The molecule has 1 heteroatoms. The van der Waals surface area contributed by atoms with Crippen LogP contribution in [0.15, 0.2) is 28.2 Å². The van der Waals surface area contributed by atoms with Gasteiger partial charge in [-0.2, -0.15) is 0 Å². The minimum atomic E-state index is 1.17. The zero-order chi connectivity index (χ0) is 13.5. The van der Waals surface area contributed by atoms with E-state index in [0.29, 0.717) is 0 Å². The zero-order valence-corrected chi connectivity index (χ0v) is 13.6. The van der Waals surface area contributed by atoms with Crippen LogP contribution >= 0.6 is 15.9 Å². The molecule has 1 aromatic carbocycles. The van der Waals surface area contributed by atoms with Gasteiger partial charge in [0.05, 0.1) is 0 Å². The van der Waals surface area contributed by atoms with Gasteiger partial charge in [-0.1, -0.05) is 85.2 Å². The Labute approximate surface area is 126 Å². The van der Waals surface area contributed by atoms with Crippen LogP contribution in [0.3, 0.4) is 0 Å². The lowest BCUT2D eigenvalue weighted by Crippen LogP contribution is -1.86. The van der Waals surface area contributed by atoms with Gasteiger partial charge in [-0.3, -0.25) is 0 Å². The fraction of sp³-hybridized carbons (Fsp3) is 0.556. The molecule has 1 aromatic rings. The second-order valence-electron chi connectivity index (χ2n) is 5.66. The first-order valence-corrected chi connectivity index (χ1v) is 8.57. The van der Waals surface area contributed by atoms with E-state index in [9.17, 15) is 0 Å². The average molecular weight is 321 g/mol. The Morgan fingerprint density at radius 1 is 1.00 bits per heavy atom. The fourth-order valence-corrected chi connectivity index (χ4v) is 3.39. The highest BCUT2D eigenvalue weighted by Gasteiger charge is 2.13. The molecule has 0 bridgehead atoms. The maximum Gasteiger partial charge on any atom is 0.0250 e. The lowest BCUT2D eigenvalue weighted by atomic mass is 10.0. The highest BCUT2D eigenvalue weighted by atomic mass is 79.9. The Balaban J connectivity index is 1.66. The van der Waals surface area contributed by atoms with E-state index in [1.54, 1.807) is 5.57 Å². The van der Waals surface area contributed by atoms with E-state index in [1.807, 2.05) is 0 Å². The van der Waals surface area contributed by atoms with Crippen molar-refractivity contribution in [2.45, 2.75) is 64.7 Å². The van der Waals surface area contributed by atoms with Crippen LogP contribution in [0.25, 0.3) is 6.08 Å². The summed E-state index contributed by atoms with van der Waals surface area (Å²) in [5.41, 5.74) is 4.53. The van der Waals surface area contributed by atoms with Crippen LogP contribution in [-0.4, -0.2) is 0 Å². The van der Waals surface area contributed by atoms with Crippen molar-refractivity contribution in [1.29, 1.82) is 0 Å². The zero-order valence-electron chi connectivity index (χ0n) is 12.1. The quantitative estimate of drug-likeness (QED) is 0.478. The number of rotatable bonds is 8. The van der Waals surface area contributed by atoms with E-state index in [-0.39, 0.29) is 0 Å². The van der Waals surface area contributed by atoms with Gasteiger partial charge in [0.2, 0.25) is 0 Å². The summed E-state index contributed by atoms with van der Waals surface area (Å²) < 4.78 is 1.25. The molecular formula is C18H25Br. The molecule has 0 nitrogen and oxygen atoms in total. The van der Waals surface area contributed by atoms with E-state index < -0.39 is 0 Å². The van der Waals surface area contributed by atoms with Crippen LogP contribution in [-0.2, 0) is 6.42 Å². The summed E-state index contributed by atoms with van der Waals surface area (Å²) in [7, 11) is 0. The number of hydrogen-bond donors (Lipinski definition) is 0. The minimum absolute atomic E-state index is 1.17. The van der Waals surface area contributed by atoms with Crippen LogP contribution in [0.4, 0.5) is 0 Å². The van der Waals surface area contributed by atoms with Crippen molar-refractivity contribution >= 4 is 22.0 Å². The summed E-state index contributed by atoms with van der Waals surface area (Å²) in [6, 6.07) is 6.55. The second kappa shape index (κ2) is 7.89. The molecule has 0 saturated carbocycles. The molecule has 1 aliphatic carbocycles. The summed E-state index contributed by atoms with van der Waals surface area (Å²) in [5.74, 6) is 0. The Bertz CT molecular complexity index is 431. The third-order valence-electron chi connectivity index (χ3n) is 4.01. The predicted octanol–water partition coefficient (Wildman–Crippen LogP) is 6.53. The number of benzene rings is 1. The first-order chi connectivity index (χ1) is 9.31. The molecule has 1 aliphatic rings. The molecule has 0 aromatic heterocycles. The van der Waals surface area contributed by atoms with Crippen molar-refractivity contribution in [3.63, 3.8) is 0 Å². The molecule has 0 aliphatic heterocycles. The largest absolute Gasteiger partial charge is 0.0654 e. The standard InChI is InChI=1S/C18H25Br/c1-2-3-4-5-6-7-8-10-15-13-16-11-9-12-18(19)17(16)14-15/h9,11-12,14H,2-8,10,13H2,1H3. The summed E-state index contributed by atoms with van der Waals surface area (Å²) >= 11 is 3.65. The van der Waals surface area contributed by atoms with Crippen LogP contribution in [0.1, 0.15) is 69.4 Å². The van der Waals surface area contributed by atoms with E-state index in [2.05, 4.69) is 47.1 Å². The van der Waals surface area contributed by atoms with Gasteiger partial charge in [-0.05, 0) is 36.5 Å². The summed E-state index contributed by atoms with van der Waals surface area (Å²) in [6.07, 6.45) is 14.7. The molecular weight excluding hydrogens is 296 g/mol. The summed E-state index contributed by atoms with van der Waals surface area (Å²) in [4.78, 5) is 0. The maximum atomic E-state index is 3.65. The van der Waals surface area contributed by atoms with Gasteiger partial charge >= 0.3 is 0 Å². The number of unbranched alkanes of at least 4 members (excludes halogenated alkanes) is 6. The molecule has 104 valence electrons. The molecule has 0 spiro atoms. The van der Waals surface area contributed by atoms with Gasteiger partial charge in [0.1, 0.15) is 0 Å². The van der Waals surface area contributed by atoms with Crippen LogP contribution < -0.4 is 0 Å². The molecule has 0 radical (unpaired) electrons. The highest BCUT2D eigenvalue weighted by molar-refractivity contribution is 9.10. The number of halogens is 1. The molecule has 0 amide bonds. The lowest BCUT2D eigenvalue weighted by molar-refractivity contribution is 0.588. The van der Waals surface area contributed by atoms with Crippen molar-refractivity contribution in [1.82, 2.24) is 0 Å². The Morgan fingerprint density at radius 3 is 2.47 bits per heavy atom. The first kappa shape index (κ1) is 14.8. The van der Waals surface area contributed by atoms with Crippen molar-refractivity contribution in [2.75, 3.05) is 0 Å². The van der Waals surface area contributed by atoms with Crippen LogP contribution in [0, 0.1) is 0 Å². The lowest BCUT2D eigenvalue weighted by Gasteiger charge is -2.03. The Morgan fingerprint density at radius 2 is 1.74 bits per heavy atom. The molecule has 0 N–H and O–H groups in total. The van der Waals surface area contributed by atoms with Crippen molar-refractivity contribution in [3.05, 3.63) is 39.4 Å². The van der Waals surface area contributed by atoms with Crippen molar-refractivity contribution < 1.29 is 0 Å². The van der Waals surface area contributed by atoms with Gasteiger partial charge in [-0.25, -0.2) is 0 Å². The molecule has 0 atom stereocenters. The van der Waals surface area contributed by atoms with E-state index >= 15 is 0 Å². The minimum Gasteiger partial charge on any atom is -0.0654 e. The molecule has 2 rings (SSSR count). The third kappa shape index (κ3) is 4.49. The van der Waals surface area contributed by atoms with Gasteiger partial charge in [-0.15, -0.1) is 0 Å². The molecule has 19 heavy (non-hydrogen) atoms. The van der Waals surface area contributed by atoms with Gasteiger partial charge in [0.25, 0.3) is 0 Å².